The molecular formula is C12H9N4O2. The van der Waals surface area contributed by atoms with Crippen LogP contribution in [0.5, 0.6) is 0 Å². The van der Waals surface area contributed by atoms with E-state index in [0.29, 0.717) is 12.1 Å². The summed E-state index contributed by atoms with van der Waals surface area (Å²) in [6, 6.07) is 8.97. The molecule has 0 aliphatic heterocycles. The molecule has 18 heavy (non-hydrogen) atoms. The molecule has 0 N–H and O–H groups in total. The third-order valence-corrected chi connectivity index (χ3v) is 2.54. The summed E-state index contributed by atoms with van der Waals surface area (Å²) in [6.07, 6.45) is 1.19. The van der Waals surface area contributed by atoms with Crippen molar-refractivity contribution in [3.8, 4) is 6.07 Å². The summed E-state index contributed by atoms with van der Waals surface area (Å²) in [4.78, 5) is 10.1. The standard InChI is InChI=1S/C12H9N4O2/c1-9-12(16(17)18)7-14-15(9)8-11-4-2-10(6-13)3-5-11/h2-5,7H,1,8H2. The van der Waals surface area contributed by atoms with Crippen LogP contribution in [0.25, 0.3) is 0 Å². The molecule has 0 bridgehead atoms. The lowest BCUT2D eigenvalue weighted by Gasteiger charge is -2.03. The summed E-state index contributed by atoms with van der Waals surface area (Å²) in [5.74, 6) is 0. The van der Waals surface area contributed by atoms with Gasteiger partial charge in [-0.15, -0.1) is 0 Å². The third-order valence-electron chi connectivity index (χ3n) is 2.54. The lowest BCUT2D eigenvalue weighted by molar-refractivity contribution is -0.385. The van der Waals surface area contributed by atoms with E-state index in [0.717, 1.165) is 5.56 Å². The van der Waals surface area contributed by atoms with E-state index in [2.05, 4.69) is 12.0 Å². The van der Waals surface area contributed by atoms with Crippen molar-refractivity contribution < 1.29 is 4.92 Å². The van der Waals surface area contributed by atoms with Crippen molar-refractivity contribution in [2.75, 3.05) is 0 Å². The monoisotopic (exact) mass is 241 g/mol. The molecule has 0 spiro atoms. The van der Waals surface area contributed by atoms with Crippen molar-refractivity contribution in [1.29, 1.82) is 5.26 Å². The van der Waals surface area contributed by atoms with Crippen molar-refractivity contribution in [3.63, 3.8) is 0 Å². The van der Waals surface area contributed by atoms with E-state index < -0.39 is 4.92 Å². The van der Waals surface area contributed by atoms with E-state index in [1.165, 1.54) is 10.9 Å². The first-order chi connectivity index (χ1) is 8.61. The molecule has 2 aromatic rings. The quantitative estimate of drug-likeness (QED) is 0.606. The highest BCUT2D eigenvalue weighted by Crippen LogP contribution is 2.17. The van der Waals surface area contributed by atoms with Gasteiger partial charge < -0.3 is 0 Å². The van der Waals surface area contributed by atoms with Crippen LogP contribution in [-0.4, -0.2) is 14.7 Å². The van der Waals surface area contributed by atoms with Crippen LogP contribution in [0.15, 0.2) is 30.5 Å². The molecule has 89 valence electrons. The molecule has 0 aliphatic carbocycles. The van der Waals surface area contributed by atoms with Gasteiger partial charge in [0.2, 0.25) is 0 Å². The summed E-state index contributed by atoms with van der Waals surface area (Å²) in [5.41, 5.74) is 1.64. The molecule has 0 atom stereocenters. The Morgan fingerprint density at radius 3 is 2.61 bits per heavy atom. The molecule has 0 saturated carbocycles. The van der Waals surface area contributed by atoms with Gasteiger partial charge in [-0.2, -0.15) is 10.4 Å². The molecular weight excluding hydrogens is 232 g/mol. The lowest BCUT2D eigenvalue weighted by atomic mass is 10.1. The van der Waals surface area contributed by atoms with Crippen LogP contribution in [-0.2, 0) is 6.54 Å². The number of benzene rings is 1. The largest absolute Gasteiger partial charge is 0.310 e. The molecule has 2 rings (SSSR count). The molecule has 0 aliphatic rings. The van der Waals surface area contributed by atoms with Gasteiger partial charge in [0.25, 0.3) is 0 Å². The second-order valence-electron chi connectivity index (χ2n) is 3.70. The highest BCUT2D eigenvalue weighted by atomic mass is 16.6. The molecule has 0 unspecified atom stereocenters. The van der Waals surface area contributed by atoms with Gasteiger partial charge in [-0.3, -0.25) is 14.8 Å². The molecule has 1 aromatic heterocycles. The zero-order valence-corrected chi connectivity index (χ0v) is 9.41. The highest BCUT2D eigenvalue weighted by Gasteiger charge is 2.16. The van der Waals surface area contributed by atoms with Gasteiger partial charge in [-0.05, 0) is 17.7 Å². The predicted molar refractivity (Wildman–Crippen MR) is 63.6 cm³/mol. The van der Waals surface area contributed by atoms with Crippen molar-refractivity contribution in [2.24, 2.45) is 0 Å². The number of hydrogen-bond donors (Lipinski definition) is 0. The van der Waals surface area contributed by atoms with Gasteiger partial charge >= 0.3 is 5.69 Å². The summed E-state index contributed by atoms with van der Waals surface area (Å²) in [7, 11) is 0. The summed E-state index contributed by atoms with van der Waals surface area (Å²) < 4.78 is 1.46. The molecule has 0 amide bonds. The maximum Gasteiger partial charge on any atom is 0.310 e. The van der Waals surface area contributed by atoms with Gasteiger partial charge in [0, 0.05) is 6.92 Å². The fourth-order valence-corrected chi connectivity index (χ4v) is 1.55. The van der Waals surface area contributed by atoms with Gasteiger partial charge in [0.15, 0.2) is 0 Å². The van der Waals surface area contributed by atoms with Gasteiger partial charge in [-0.25, -0.2) is 0 Å². The van der Waals surface area contributed by atoms with Crippen LogP contribution in [0, 0.1) is 28.4 Å². The minimum atomic E-state index is -0.509. The van der Waals surface area contributed by atoms with Crippen LogP contribution in [0.1, 0.15) is 16.8 Å². The Morgan fingerprint density at radius 1 is 1.44 bits per heavy atom. The second kappa shape index (κ2) is 4.67. The van der Waals surface area contributed by atoms with E-state index in [4.69, 9.17) is 5.26 Å². The Morgan fingerprint density at radius 2 is 2.11 bits per heavy atom. The van der Waals surface area contributed by atoms with E-state index in [1.54, 1.807) is 24.3 Å². The first kappa shape index (κ1) is 11.8. The Kier molecular flexibility index (Phi) is 3.06. The average molecular weight is 241 g/mol. The van der Waals surface area contributed by atoms with E-state index >= 15 is 0 Å². The number of nitrogens with zero attached hydrogens (tertiary/aromatic N) is 4. The van der Waals surface area contributed by atoms with Crippen LogP contribution in [0.2, 0.25) is 0 Å². The topological polar surface area (TPSA) is 84.8 Å². The fourth-order valence-electron chi connectivity index (χ4n) is 1.55. The Hall–Kier alpha value is -2.68. The first-order valence-electron chi connectivity index (χ1n) is 5.13. The number of nitriles is 1. The van der Waals surface area contributed by atoms with Crippen molar-refractivity contribution in [1.82, 2.24) is 9.78 Å². The number of nitro groups is 1. The maximum absolute atomic E-state index is 10.6. The van der Waals surface area contributed by atoms with Gasteiger partial charge in [-0.1, -0.05) is 12.1 Å². The van der Waals surface area contributed by atoms with Crippen LogP contribution in [0.3, 0.4) is 0 Å². The Balaban J connectivity index is 2.23. The number of rotatable bonds is 3. The zero-order valence-electron chi connectivity index (χ0n) is 9.41. The molecule has 1 heterocycles. The Labute approximate surface area is 103 Å². The van der Waals surface area contributed by atoms with E-state index in [9.17, 15) is 10.1 Å². The van der Waals surface area contributed by atoms with Gasteiger partial charge in [0.05, 0.1) is 23.1 Å². The lowest BCUT2D eigenvalue weighted by Crippen LogP contribution is -2.04. The summed E-state index contributed by atoms with van der Waals surface area (Å²) >= 11 is 0. The fraction of sp³-hybridized carbons (Fsp3) is 0.0833. The number of aromatic nitrogens is 2. The molecule has 0 saturated heterocycles. The first-order valence-corrected chi connectivity index (χ1v) is 5.13. The molecule has 6 heteroatoms. The summed E-state index contributed by atoms with van der Waals surface area (Å²) in [5, 5.41) is 23.2. The maximum atomic E-state index is 10.6. The van der Waals surface area contributed by atoms with Crippen LogP contribution in [0.4, 0.5) is 5.69 Å². The van der Waals surface area contributed by atoms with Crippen LogP contribution < -0.4 is 0 Å². The van der Waals surface area contributed by atoms with Crippen molar-refractivity contribution >= 4 is 5.69 Å². The third kappa shape index (κ3) is 2.20. The minimum absolute atomic E-state index is 0.0938. The predicted octanol–water partition coefficient (Wildman–Crippen LogP) is 1.89. The summed E-state index contributed by atoms with van der Waals surface area (Å²) in [6.45, 7) is 4.03. The normalized spacial score (nSPS) is 10.0. The molecule has 6 nitrogen and oxygen atoms in total. The van der Waals surface area contributed by atoms with Crippen molar-refractivity contribution in [3.05, 3.63) is 64.3 Å². The molecule has 1 aromatic carbocycles. The van der Waals surface area contributed by atoms with Gasteiger partial charge in [0.1, 0.15) is 11.9 Å². The average Bonchev–Trinajstić information content (AvgIpc) is 2.72. The van der Waals surface area contributed by atoms with E-state index in [-0.39, 0.29) is 11.4 Å². The second-order valence-corrected chi connectivity index (χ2v) is 3.70. The molecule has 0 fully saturated rings. The Bertz CT molecular complexity index is 623. The zero-order chi connectivity index (χ0) is 13.1. The highest BCUT2D eigenvalue weighted by molar-refractivity contribution is 5.36. The van der Waals surface area contributed by atoms with Crippen molar-refractivity contribution in [2.45, 2.75) is 6.54 Å². The minimum Gasteiger partial charge on any atom is -0.258 e. The molecule has 1 radical (unpaired) electrons. The van der Waals surface area contributed by atoms with Crippen LogP contribution >= 0.6 is 0 Å². The SMILES string of the molecule is [CH2]c1c([N+](=O)[O-])cnn1Cc1ccc(C#N)cc1. The van der Waals surface area contributed by atoms with E-state index in [1.807, 2.05) is 6.07 Å². The number of hydrogen-bond acceptors (Lipinski definition) is 4. The smallest absolute Gasteiger partial charge is 0.258 e.